The van der Waals surface area contributed by atoms with Gasteiger partial charge in [-0.2, -0.15) is 13.2 Å². The number of carbonyl (C=O) groups excluding carboxylic acids is 3. The van der Waals surface area contributed by atoms with Crippen molar-refractivity contribution < 1.29 is 51.7 Å². The zero-order chi connectivity index (χ0) is 38.0. The minimum Gasteiger partial charge on any atom is -0.480 e. The van der Waals surface area contributed by atoms with E-state index in [4.69, 9.17) is 9.47 Å². The van der Waals surface area contributed by atoms with Crippen molar-refractivity contribution in [3.8, 4) is 11.3 Å². The van der Waals surface area contributed by atoms with Gasteiger partial charge in [-0.3, -0.25) is 15.0 Å². The minimum atomic E-state index is -5.50. The van der Waals surface area contributed by atoms with Gasteiger partial charge in [0.1, 0.15) is 24.2 Å². The molecule has 2 aromatic rings. The first-order valence-corrected chi connectivity index (χ1v) is 19.3. The number of methoxy groups -OCH3 is 1. The molecule has 17 heteroatoms. The van der Waals surface area contributed by atoms with Crippen LogP contribution in [-0.4, -0.2) is 78.3 Å². The summed E-state index contributed by atoms with van der Waals surface area (Å²) in [6.45, 7) is 19.1. The Balaban J connectivity index is 2.91. The summed E-state index contributed by atoms with van der Waals surface area (Å²) in [7, 11) is -0.420. The zero-order valence-electron chi connectivity index (χ0n) is 29.3. The number of rotatable bonds is 16. The maximum absolute atomic E-state index is 14.1. The molecule has 0 bridgehead atoms. The van der Waals surface area contributed by atoms with Crippen molar-refractivity contribution in [3.63, 3.8) is 0 Å². The molecular weight excluding hydrogens is 679 g/mol. The summed E-state index contributed by atoms with van der Waals surface area (Å²) >= 11 is 0. The number of halogens is 3. The van der Waals surface area contributed by atoms with Crippen molar-refractivity contribution in [2.45, 2.75) is 89.9 Å². The molecular formula is C33H46F3N5O8Si. The first-order chi connectivity index (χ1) is 23.1. The quantitative estimate of drug-likeness (QED) is 0.0931. The Labute approximate surface area is 290 Å². The number of ether oxygens (including phenoxy) is 3. The zero-order valence-corrected chi connectivity index (χ0v) is 30.3. The Kier molecular flexibility index (Phi) is 14.4. The Hall–Kier alpha value is -4.64. The first-order valence-electron chi connectivity index (χ1n) is 15.6. The second-order valence-corrected chi connectivity index (χ2v) is 19.0. The number of anilines is 2. The van der Waals surface area contributed by atoms with Crippen molar-refractivity contribution in [3.05, 3.63) is 55.5 Å². The van der Waals surface area contributed by atoms with Gasteiger partial charge in [-0.25, -0.2) is 19.4 Å². The molecule has 1 aromatic heterocycles. The summed E-state index contributed by atoms with van der Waals surface area (Å²) in [6, 6.07) is 1.51. The average molecular weight is 726 g/mol. The number of aromatic nitrogens is 2. The number of carboxylic acid groups (broad SMARTS) is 1. The second kappa shape index (κ2) is 17.3. The van der Waals surface area contributed by atoms with Gasteiger partial charge < -0.3 is 29.2 Å². The molecule has 1 heterocycles. The molecule has 0 aliphatic heterocycles. The molecule has 0 aliphatic rings. The Morgan fingerprint density at radius 2 is 1.72 bits per heavy atom. The fraction of sp³-hybridized carbons (Fsp3) is 0.485. The van der Waals surface area contributed by atoms with Crippen LogP contribution in [0.2, 0.25) is 25.7 Å². The number of hydrogen-bond donors (Lipinski definition) is 3. The number of hydrogen-bond acceptors (Lipinski definition) is 8. The van der Waals surface area contributed by atoms with Gasteiger partial charge in [0.2, 0.25) is 0 Å². The van der Waals surface area contributed by atoms with E-state index in [0.717, 1.165) is 25.3 Å². The van der Waals surface area contributed by atoms with Crippen LogP contribution in [0.5, 0.6) is 0 Å². The molecule has 3 N–H and O–H groups in total. The topological polar surface area (TPSA) is 161 Å². The molecule has 0 spiro atoms. The Morgan fingerprint density at radius 3 is 2.24 bits per heavy atom. The predicted octanol–water partition coefficient (Wildman–Crippen LogP) is 7.11. The van der Waals surface area contributed by atoms with Gasteiger partial charge in [-0.1, -0.05) is 31.8 Å². The monoisotopic (exact) mass is 725 g/mol. The molecule has 1 aromatic carbocycles. The third-order valence-electron chi connectivity index (χ3n) is 6.85. The van der Waals surface area contributed by atoms with Crippen LogP contribution in [0.25, 0.3) is 11.3 Å². The number of alkyl halides is 3. The number of aliphatic carboxylic acids is 1. The van der Waals surface area contributed by atoms with Crippen molar-refractivity contribution in [2.24, 2.45) is 0 Å². The standard InChI is InChI=1S/C33H46F3N5O8Si/c1-10-12-23(39-31(46)49-32(3,4)5)27-38-24(19-40(27)20-48-16-17-50(7,8)9)22-15-14-21(37-30(45)47-6)18-26(22)41(29(44)33(34,35)36)25(13-11-2)28(42)43/h10-11,14-15,18-19,23,25H,1-2,12-13,16-17,20H2,3-9H3,(H,37,45)(H,39,46)(H,42,43)/t23-,25?/m0/s1. The average Bonchev–Trinajstić information content (AvgIpc) is 3.40. The molecule has 13 nitrogen and oxygen atoms in total. The molecule has 0 radical (unpaired) electrons. The molecule has 2 atom stereocenters. The van der Waals surface area contributed by atoms with Gasteiger partial charge in [-0.05, 0) is 57.9 Å². The number of benzene rings is 1. The summed E-state index contributed by atoms with van der Waals surface area (Å²) in [6.07, 6.45) is -3.60. The van der Waals surface area contributed by atoms with E-state index in [-0.39, 0.29) is 40.8 Å². The smallest absolute Gasteiger partial charge is 0.471 e. The van der Waals surface area contributed by atoms with Crippen molar-refractivity contribution in [2.75, 3.05) is 23.9 Å². The second-order valence-electron chi connectivity index (χ2n) is 13.4. The number of carbonyl (C=O) groups is 4. The highest BCUT2D eigenvalue weighted by Crippen LogP contribution is 2.38. The van der Waals surface area contributed by atoms with E-state index < -0.39 is 68.1 Å². The molecule has 50 heavy (non-hydrogen) atoms. The van der Waals surface area contributed by atoms with Crippen molar-refractivity contribution >= 4 is 43.5 Å². The highest BCUT2D eigenvalue weighted by Gasteiger charge is 2.47. The van der Waals surface area contributed by atoms with Crippen molar-refractivity contribution in [1.82, 2.24) is 14.9 Å². The van der Waals surface area contributed by atoms with E-state index in [2.05, 4.69) is 53.2 Å². The van der Waals surface area contributed by atoms with E-state index in [1.165, 1.54) is 24.4 Å². The van der Waals surface area contributed by atoms with E-state index in [1.54, 1.807) is 25.3 Å². The molecule has 2 rings (SSSR count). The number of amides is 3. The summed E-state index contributed by atoms with van der Waals surface area (Å²) < 4.78 is 59.9. The first kappa shape index (κ1) is 41.5. The SMILES string of the molecule is C=CCC(C(=O)O)N(C(=O)C(F)(F)F)c1cc(NC(=O)OC)ccc1-c1cn(COCC[Si](C)(C)C)c([C@H](CC=C)NC(=O)OC(C)(C)C)n1. The fourth-order valence-corrected chi connectivity index (χ4v) is 5.31. The Morgan fingerprint density at radius 1 is 1.08 bits per heavy atom. The van der Waals surface area contributed by atoms with Gasteiger partial charge in [0.25, 0.3) is 0 Å². The van der Waals surface area contributed by atoms with E-state index in [9.17, 15) is 37.5 Å². The highest BCUT2D eigenvalue weighted by atomic mass is 28.3. The number of nitrogens with zero attached hydrogens (tertiary/aromatic N) is 3. The summed E-state index contributed by atoms with van der Waals surface area (Å²) in [5, 5.41) is 15.1. The molecule has 0 saturated heterocycles. The summed E-state index contributed by atoms with van der Waals surface area (Å²) in [5.74, 6) is -4.01. The van der Waals surface area contributed by atoms with Crippen LogP contribution in [0.3, 0.4) is 0 Å². The van der Waals surface area contributed by atoms with E-state index in [1.807, 2.05) is 0 Å². The molecule has 1 unspecified atom stereocenters. The number of nitrogens with one attached hydrogen (secondary N) is 2. The van der Waals surface area contributed by atoms with Crippen LogP contribution >= 0.6 is 0 Å². The Bertz CT molecular complexity index is 1550. The van der Waals surface area contributed by atoms with Crippen LogP contribution in [-0.2, 0) is 30.5 Å². The van der Waals surface area contributed by atoms with Crippen LogP contribution in [0, 0.1) is 0 Å². The molecule has 276 valence electrons. The van der Waals surface area contributed by atoms with Gasteiger partial charge in [0.05, 0.1) is 24.5 Å². The van der Waals surface area contributed by atoms with Crippen molar-refractivity contribution in [1.29, 1.82) is 0 Å². The van der Waals surface area contributed by atoms with Gasteiger partial charge in [-0.15, -0.1) is 13.2 Å². The third kappa shape index (κ3) is 12.4. The van der Waals surface area contributed by atoms with E-state index in [0.29, 0.717) is 6.61 Å². The molecule has 0 saturated carbocycles. The lowest BCUT2D eigenvalue weighted by molar-refractivity contribution is -0.171. The molecule has 3 amide bonds. The molecule has 0 aliphatic carbocycles. The van der Waals surface area contributed by atoms with Crippen LogP contribution < -0.4 is 15.5 Å². The third-order valence-corrected chi connectivity index (χ3v) is 8.56. The summed E-state index contributed by atoms with van der Waals surface area (Å²) in [4.78, 5) is 55.0. The van der Waals surface area contributed by atoms with Gasteiger partial charge in [0.15, 0.2) is 0 Å². The van der Waals surface area contributed by atoms with Crippen LogP contribution in [0.4, 0.5) is 34.1 Å². The predicted molar refractivity (Wildman–Crippen MR) is 184 cm³/mol. The lowest BCUT2D eigenvalue weighted by Crippen LogP contribution is -2.50. The molecule has 0 fully saturated rings. The van der Waals surface area contributed by atoms with Gasteiger partial charge in [0, 0.05) is 32.1 Å². The highest BCUT2D eigenvalue weighted by molar-refractivity contribution is 6.76. The normalized spacial score (nSPS) is 13.1. The number of alkyl carbamates (subject to hydrolysis) is 1. The summed E-state index contributed by atoms with van der Waals surface area (Å²) in [5.41, 5.74) is -1.59. The van der Waals surface area contributed by atoms with Crippen LogP contribution in [0.1, 0.15) is 45.5 Å². The minimum absolute atomic E-state index is 0.00354. The van der Waals surface area contributed by atoms with Crippen LogP contribution in [0.15, 0.2) is 49.7 Å². The number of imidazole rings is 1. The fourth-order valence-electron chi connectivity index (χ4n) is 4.55. The number of carboxylic acids is 1. The lowest BCUT2D eigenvalue weighted by Gasteiger charge is -2.31. The maximum atomic E-state index is 14.1. The van der Waals surface area contributed by atoms with Gasteiger partial charge >= 0.3 is 30.2 Å². The van der Waals surface area contributed by atoms with E-state index >= 15 is 0 Å². The maximum Gasteiger partial charge on any atom is 0.471 e. The lowest BCUT2D eigenvalue weighted by atomic mass is 10.0. The largest absolute Gasteiger partial charge is 0.480 e.